The molecule has 0 aromatic rings. The van der Waals surface area contributed by atoms with Gasteiger partial charge in [0.2, 0.25) is 0 Å². The molecule has 8 heavy (non-hydrogen) atoms. The second kappa shape index (κ2) is 2.74. The van der Waals surface area contributed by atoms with Crippen LogP contribution in [0.5, 0.6) is 0 Å². The van der Waals surface area contributed by atoms with Crippen molar-refractivity contribution < 1.29 is 0 Å². The Morgan fingerprint density at radius 2 is 1.88 bits per heavy atom. The molecule has 0 aliphatic heterocycles. The summed E-state index contributed by atoms with van der Waals surface area (Å²) in [7, 11) is 0. The fourth-order valence-electron chi connectivity index (χ4n) is 1.14. The average molecular weight is 131 g/mol. The third-order valence-electron chi connectivity index (χ3n) is 1.78. The van der Waals surface area contributed by atoms with E-state index < -0.39 is 0 Å². The molecule has 0 bridgehead atoms. The number of thiol groups is 1. The monoisotopic (exact) mass is 131 g/mol. The van der Waals surface area contributed by atoms with Crippen LogP contribution in [0.25, 0.3) is 0 Å². The predicted octanol–water partition coefficient (Wildman–Crippen LogP) is 1.19. The van der Waals surface area contributed by atoms with Crippen molar-refractivity contribution in [1.82, 2.24) is 0 Å². The molecule has 0 radical (unpaired) electrons. The van der Waals surface area contributed by atoms with Crippen LogP contribution in [-0.4, -0.2) is 11.3 Å². The Morgan fingerprint density at radius 1 is 1.25 bits per heavy atom. The number of rotatable bonds is 0. The fraction of sp³-hybridized carbons (Fsp3) is 1.00. The molecule has 0 saturated heterocycles. The van der Waals surface area contributed by atoms with Gasteiger partial charge >= 0.3 is 0 Å². The van der Waals surface area contributed by atoms with Crippen LogP contribution in [-0.2, 0) is 0 Å². The molecule has 2 N–H and O–H groups in total. The number of hydrogen-bond donors (Lipinski definition) is 2. The van der Waals surface area contributed by atoms with E-state index >= 15 is 0 Å². The summed E-state index contributed by atoms with van der Waals surface area (Å²) < 4.78 is 0. The van der Waals surface area contributed by atoms with Gasteiger partial charge in [0, 0.05) is 11.3 Å². The van der Waals surface area contributed by atoms with Gasteiger partial charge in [0.15, 0.2) is 0 Å². The Bertz CT molecular complexity index is 64.9. The van der Waals surface area contributed by atoms with Crippen LogP contribution in [0.4, 0.5) is 0 Å². The molecule has 1 aliphatic rings. The second-order valence-corrected chi connectivity index (χ2v) is 3.18. The van der Waals surface area contributed by atoms with Crippen LogP contribution in [0.15, 0.2) is 0 Å². The van der Waals surface area contributed by atoms with Crippen molar-refractivity contribution in [2.75, 3.05) is 0 Å². The topological polar surface area (TPSA) is 26.0 Å². The summed E-state index contributed by atoms with van der Waals surface area (Å²) in [6.07, 6.45) is 5.01. The Kier molecular flexibility index (Phi) is 2.20. The van der Waals surface area contributed by atoms with E-state index in [1.165, 1.54) is 25.7 Å². The highest BCUT2D eigenvalue weighted by molar-refractivity contribution is 7.81. The van der Waals surface area contributed by atoms with Crippen LogP contribution in [0.2, 0.25) is 0 Å². The fourth-order valence-corrected chi connectivity index (χ4v) is 1.47. The quantitative estimate of drug-likeness (QED) is 0.474. The molecule has 2 heteroatoms. The van der Waals surface area contributed by atoms with E-state index in [2.05, 4.69) is 12.6 Å². The lowest BCUT2D eigenvalue weighted by molar-refractivity contribution is 0.455. The van der Waals surface area contributed by atoms with Gasteiger partial charge in [-0.15, -0.1) is 0 Å². The summed E-state index contributed by atoms with van der Waals surface area (Å²) >= 11 is 4.33. The lowest BCUT2D eigenvalue weighted by atomic mass is 9.96. The minimum Gasteiger partial charge on any atom is -0.327 e. The van der Waals surface area contributed by atoms with E-state index in [9.17, 15) is 0 Å². The van der Waals surface area contributed by atoms with E-state index in [1.807, 2.05) is 0 Å². The van der Waals surface area contributed by atoms with Crippen molar-refractivity contribution in [3.05, 3.63) is 0 Å². The molecule has 2 atom stereocenters. The number of hydrogen-bond acceptors (Lipinski definition) is 2. The maximum Gasteiger partial charge on any atom is 0.0168 e. The average Bonchev–Trinajstić information content (AvgIpc) is 1.77. The molecule has 0 aromatic carbocycles. The molecule has 0 aromatic heterocycles. The minimum absolute atomic E-state index is 0.368. The third-order valence-corrected chi connectivity index (χ3v) is 2.42. The summed E-state index contributed by atoms with van der Waals surface area (Å²) in [6.45, 7) is 0. The van der Waals surface area contributed by atoms with Crippen LogP contribution in [0.1, 0.15) is 25.7 Å². The molecule has 1 fully saturated rings. The Morgan fingerprint density at radius 3 is 2.25 bits per heavy atom. The smallest absolute Gasteiger partial charge is 0.0168 e. The zero-order chi connectivity index (χ0) is 5.98. The van der Waals surface area contributed by atoms with Gasteiger partial charge in [-0.1, -0.05) is 12.8 Å². The molecule has 1 unspecified atom stereocenters. The van der Waals surface area contributed by atoms with Gasteiger partial charge < -0.3 is 5.73 Å². The zero-order valence-corrected chi connectivity index (χ0v) is 5.90. The van der Waals surface area contributed by atoms with Crippen LogP contribution < -0.4 is 5.73 Å². The van der Waals surface area contributed by atoms with E-state index in [-0.39, 0.29) is 0 Å². The van der Waals surface area contributed by atoms with Gasteiger partial charge in [-0.2, -0.15) is 12.6 Å². The van der Waals surface area contributed by atoms with Crippen molar-refractivity contribution in [1.29, 1.82) is 0 Å². The maximum atomic E-state index is 5.70. The molecule has 48 valence electrons. The molecule has 1 rings (SSSR count). The van der Waals surface area contributed by atoms with E-state index in [0.717, 1.165) is 0 Å². The Labute approximate surface area is 56.1 Å². The minimum atomic E-state index is 0.368. The molecule has 0 heterocycles. The van der Waals surface area contributed by atoms with Crippen molar-refractivity contribution >= 4 is 12.6 Å². The number of nitrogens with two attached hydrogens (primary N) is 1. The largest absolute Gasteiger partial charge is 0.327 e. The maximum absolute atomic E-state index is 5.70. The Hall–Kier alpha value is 0.310. The van der Waals surface area contributed by atoms with Crippen molar-refractivity contribution in [2.45, 2.75) is 37.0 Å². The van der Waals surface area contributed by atoms with Crippen LogP contribution in [0.3, 0.4) is 0 Å². The first-order chi connectivity index (χ1) is 3.80. The predicted molar refractivity (Wildman–Crippen MR) is 39.2 cm³/mol. The first-order valence-electron chi connectivity index (χ1n) is 3.24. The second-order valence-electron chi connectivity index (χ2n) is 2.52. The Balaban J connectivity index is 2.28. The highest BCUT2D eigenvalue weighted by Crippen LogP contribution is 2.20. The first kappa shape index (κ1) is 6.43. The van der Waals surface area contributed by atoms with Crippen molar-refractivity contribution in [2.24, 2.45) is 5.73 Å². The van der Waals surface area contributed by atoms with E-state index in [4.69, 9.17) is 5.73 Å². The SMILES string of the molecule is N[C@H]1CCCCC1S. The molecule has 1 nitrogen and oxygen atoms in total. The van der Waals surface area contributed by atoms with Gasteiger partial charge in [0.25, 0.3) is 0 Å². The molecule has 0 spiro atoms. The van der Waals surface area contributed by atoms with E-state index in [1.54, 1.807) is 0 Å². The van der Waals surface area contributed by atoms with Gasteiger partial charge in [-0.05, 0) is 12.8 Å². The lowest BCUT2D eigenvalue weighted by Gasteiger charge is -2.23. The van der Waals surface area contributed by atoms with Crippen LogP contribution in [0, 0.1) is 0 Å². The van der Waals surface area contributed by atoms with E-state index in [0.29, 0.717) is 11.3 Å². The van der Waals surface area contributed by atoms with Crippen molar-refractivity contribution in [3.63, 3.8) is 0 Å². The molecule has 1 aliphatic carbocycles. The molecule has 0 amide bonds. The third kappa shape index (κ3) is 1.39. The molecular weight excluding hydrogens is 118 g/mol. The van der Waals surface area contributed by atoms with Gasteiger partial charge in [-0.3, -0.25) is 0 Å². The van der Waals surface area contributed by atoms with Gasteiger partial charge in [0.05, 0.1) is 0 Å². The van der Waals surface area contributed by atoms with Crippen LogP contribution >= 0.6 is 12.6 Å². The first-order valence-corrected chi connectivity index (χ1v) is 3.76. The van der Waals surface area contributed by atoms with Gasteiger partial charge in [0.1, 0.15) is 0 Å². The van der Waals surface area contributed by atoms with Crippen molar-refractivity contribution in [3.8, 4) is 0 Å². The lowest BCUT2D eigenvalue weighted by Crippen LogP contribution is -2.33. The summed E-state index contributed by atoms with van der Waals surface area (Å²) in [5, 5.41) is 0.476. The molecular formula is C6H13NS. The summed E-state index contributed by atoms with van der Waals surface area (Å²) in [5.41, 5.74) is 5.70. The summed E-state index contributed by atoms with van der Waals surface area (Å²) in [5.74, 6) is 0. The standard InChI is InChI=1S/C6H13NS/c7-5-3-1-2-4-6(5)8/h5-6,8H,1-4,7H2/t5-,6?/m0/s1. The summed E-state index contributed by atoms with van der Waals surface area (Å²) in [4.78, 5) is 0. The van der Waals surface area contributed by atoms with Gasteiger partial charge in [-0.25, -0.2) is 0 Å². The zero-order valence-electron chi connectivity index (χ0n) is 5.01. The normalized spacial score (nSPS) is 39.8. The highest BCUT2D eigenvalue weighted by atomic mass is 32.1. The summed E-state index contributed by atoms with van der Waals surface area (Å²) in [6, 6.07) is 0.368. The highest BCUT2D eigenvalue weighted by Gasteiger charge is 2.16. The molecule has 1 saturated carbocycles.